The molecule has 0 bridgehead atoms. The van der Waals surface area contributed by atoms with Crippen molar-refractivity contribution in [3.63, 3.8) is 0 Å². The Morgan fingerprint density at radius 1 is 1.67 bits per heavy atom. The molecule has 1 aromatic rings. The Bertz CT molecular complexity index is 348. The summed E-state index contributed by atoms with van der Waals surface area (Å²) < 4.78 is 22.1. The molecule has 4 nitrogen and oxygen atoms in total. The molecule has 5 heteroatoms. The van der Waals surface area contributed by atoms with E-state index in [0.717, 1.165) is 0 Å². The molecule has 0 atom stereocenters. The van der Waals surface area contributed by atoms with E-state index in [-0.39, 0.29) is 4.64 Å². The van der Waals surface area contributed by atoms with Gasteiger partial charge >= 0.3 is 0 Å². The van der Waals surface area contributed by atoms with Crippen LogP contribution in [-0.4, -0.2) is 18.2 Å². The molecule has 1 aromatic heterocycles. The number of hydrogen-bond acceptors (Lipinski definition) is 2. The Morgan fingerprint density at radius 2 is 2.33 bits per heavy atom. The average Bonchev–Trinajstić information content (AvgIpc) is 2.14. The molecular weight excluding hydrogens is 140 g/mol. The third-order valence-corrected chi connectivity index (χ3v) is 1.50. The molecule has 1 N–H and O–H groups in total. The van der Waals surface area contributed by atoms with Crippen LogP contribution in [0, 0.1) is 4.64 Å². The van der Waals surface area contributed by atoms with Crippen LogP contribution in [0.5, 0.6) is 0 Å². The van der Waals surface area contributed by atoms with Crippen molar-refractivity contribution >= 4 is 10.3 Å². The minimum absolute atomic E-state index is 0.206. The fraction of sp³-hybridized carbons (Fsp3) is 0.250. The van der Waals surface area contributed by atoms with E-state index in [1.807, 2.05) is 0 Å². The van der Waals surface area contributed by atoms with Crippen molar-refractivity contribution in [1.29, 1.82) is 0 Å². The van der Waals surface area contributed by atoms with E-state index in [0.29, 0.717) is 0 Å². The largest absolute Gasteiger partial charge is 0.297 e. The zero-order valence-corrected chi connectivity index (χ0v) is 5.64. The van der Waals surface area contributed by atoms with Crippen LogP contribution >= 0.6 is 0 Å². The maximum Gasteiger partial charge on any atom is 0.239 e. The predicted octanol–water partition coefficient (Wildman–Crippen LogP) is -0.236. The molecule has 0 unspecified atom stereocenters. The molecule has 0 radical (unpaired) electrons. The normalized spacial score (nSPS) is 9.44. The van der Waals surface area contributed by atoms with Crippen LogP contribution in [0.4, 0.5) is 0 Å². The second kappa shape index (κ2) is 2.10. The molecule has 0 saturated heterocycles. The van der Waals surface area contributed by atoms with Gasteiger partial charge in [0.15, 0.2) is 4.64 Å². The first-order chi connectivity index (χ1) is 4.20. The second-order valence-corrected chi connectivity index (χ2v) is 2.55. The zero-order chi connectivity index (χ0) is 6.85. The molecule has 1 heterocycles. The zero-order valence-electron chi connectivity index (χ0n) is 4.83. The maximum absolute atomic E-state index is 10.2. The van der Waals surface area contributed by atoms with E-state index in [1.54, 1.807) is 17.9 Å². The highest BCUT2D eigenvalue weighted by Gasteiger charge is 1.81. The van der Waals surface area contributed by atoms with Gasteiger partial charge in [0.25, 0.3) is 0 Å². The smallest absolute Gasteiger partial charge is 0.239 e. The Hall–Kier alpha value is -0.970. The van der Waals surface area contributed by atoms with E-state index in [1.165, 1.54) is 6.07 Å². The Balaban J connectivity index is 3.66. The average molecular weight is 146 g/mol. The fourth-order valence-corrected chi connectivity index (χ4v) is 0.911. The highest BCUT2D eigenvalue weighted by molar-refractivity contribution is 7.63. The quantitative estimate of drug-likeness (QED) is 0.514. The molecule has 0 aliphatic rings. The van der Waals surface area contributed by atoms with E-state index in [2.05, 4.69) is 5.10 Å². The van der Waals surface area contributed by atoms with Crippen LogP contribution in [-0.2, 0) is 17.3 Å². The summed E-state index contributed by atoms with van der Waals surface area (Å²) in [6, 6.07) is 1.49. The number of nitrogens with zero attached hydrogens (tertiary/aromatic N) is 1. The van der Waals surface area contributed by atoms with Gasteiger partial charge in [-0.2, -0.15) is 8.42 Å². The van der Waals surface area contributed by atoms with E-state index >= 15 is 0 Å². The molecule has 0 aromatic carbocycles. The van der Waals surface area contributed by atoms with Crippen LogP contribution < -0.4 is 0 Å². The summed E-state index contributed by atoms with van der Waals surface area (Å²) in [5, 5.41) is 2.58. The van der Waals surface area contributed by atoms with Gasteiger partial charge in [-0.05, 0) is 6.07 Å². The molecule has 1 rings (SSSR count). The highest BCUT2D eigenvalue weighted by Crippen LogP contribution is 1.79. The Labute approximate surface area is 53.3 Å². The van der Waals surface area contributed by atoms with Crippen LogP contribution in [0.15, 0.2) is 12.3 Å². The number of H-pyrrole nitrogens is 1. The number of hydrogen-bond donors (Lipinski definition) is 1. The van der Waals surface area contributed by atoms with Gasteiger partial charge in [0.05, 0.1) is 0 Å². The summed E-state index contributed by atoms with van der Waals surface area (Å²) in [7, 11) is -0.416. The highest BCUT2D eigenvalue weighted by atomic mass is 32.2. The summed E-state index contributed by atoms with van der Waals surface area (Å²) in [6.45, 7) is 0. The van der Waals surface area contributed by atoms with Gasteiger partial charge in [-0.25, -0.2) is 0 Å². The van der Waals surface area contributed by atoms with Crippen molar-refractivity contribution < 1.29 is 8.42 Å². The van der Waals surface area contributed by atoms with Crippen molar-refractivity contribution in [3.05, 3.63) is 16.9 Å². The van der Waals surface area contributed by atoms with Gasteiger partial charge in [-0.1, -0.05) is 0 Å². The van der Waals surface area contributed by atoms with Crippen molar-refractivity contribution in [2.75, 3.05) is 0 Å². The van der Waals surface area contributed by atoms with Crippen LogP contribution in [0.25, 0.3) is 0 Å². The predicted molar refractivity (Wildman–Crippen MR) is 31.9 cm³/mol. The van der Waals surface area contributed by atoms with E-state index in [4.69, 9.17) is 0 Å². The van der Waals surface area contributed by atoms with Crippen LogP contribution in [0.1, 0.15) is 0 Å². The second-order valence-electron chi connectivity index (χ2n) is 1.64. The first-order valence-electron chi connectivity index (χ1n) is 2.34. The minimum Gasteiger partial charge on any atom is -0.297 e. The number of aryl methyl sites for hydroxylation is 1. The lowest BCUT2D eigenvalue weighted by atomic mass is 10.8. The lowest BCUT2D eigenvalue weighted by molar-refractivity contribution is 0.623. The topological polar surface area (TPSA) is 54.9 Å². The molecule has 0 spiro atoms. The minimum atomic E-state index is -2.13. The molecule has 50 valence electrons. The van der Waals surface area contributed by atoms with Gasteiger partial charge in [-0.3, -0.25) is 9.78 Å². The van der Waals surface area contributed by atoms with Crippen molar-refractivity contribution in [3.8, 4) is 0 Å². The summed E-state index contributed by atoms with van der Waals surface area (Å²) >= 11 is 0. The third kappa shape index (κ3) is 1.23. The number of rotatable bonds is 0. The monoisotopic (exact) mass is 146 g/mol. The van der Waals surface area contributed by atoms with Crippen molar-refractivity contribution in [2.24, 2.45) is 7.05 Å². The molecule has 0 aliphatic heterocycles. The first kappa shape index (κ1) is 6.15. The van der Waals surface area contributed by atoms with Gasteiger partial charge in [0, 0.05) is 13.2 Å². The Kier molecular flexibility index (Phi) is 1.44. The van der Waals surface area contributed by atoms with Crippen molar-refractivity contribution in [2.45, 2.75) is 0 Å². The summed E-state index contributed by atoms with van der Waals surface area (Å²) in [5.41, 5.74) is 0. The number of nitrogens with one attached hydrogen (secondary N) is 1. The molecule has 0 saturated carbocycles. The van der Waals surface area contributed by atoms with E-state index < -0.39 is 10.3 Å². The standard InChI is InChI=1S/C4H6N2O2S/c1-6-3-2-4(5-6)9(7)8/h2-3,5H,1H3. The summed E-state index contributed by atoms with van der Waals surface area (Å²) in [5.74, 6) is 0. The van der Waals surface area contributed by atoms with Gasteiger partial charge < -0.3 is 0 Å². The maximum atomic E-state index is 10.2. The Morgan fingerprint density at radius 3 is 2.56 bits per heavy atom. The summed E-state index contributed by atoms with van der Waals surface area (Å²) in [4.78, 5) is 0. The lowest BCUT2D eigenvalue weighted by Crippen LogP contribution is -1.85. The van der Waals surface area contributed by atoms with Crippen molar-refractivity contribution in [1.82, 2.24) is 9.78 Å². The molecule has 0 fully saturated rings. The van der Waals surface area contributed by atoms with E-state index in [9.17, 15) is 8.42 Å². The molecule has 0 amide bonds. The van der Waals surface area contributed by atoms with Crippen LogP contribution in [0.3, 0.4) is 0 Å². The molecular formula is C4H6N2O2S. The van der Waals surface area contributed by atoms with Gasteiger partial charge in [0.1, 0.15) is 0 Å². The lowest BCUT2D eigenvalue weighted by Gasteiger charge is -1.81. The fourth-order valence-electron chi connectivity index (χ4n) is 0.521. The van der Waals surface area contributed by atoms with Gasteiger partial charge in [-0.15, -0.1) is 0 Å². The SMILES string of the molecule is Cn1ccc(=S(=O)=O)[nH]1. The summed E-state index contributed by atoms with van der Waals surface area (Å²) in [6.07, 6.45) is 1.63. The van der Waals surface area contributed by atoms with Crippen LogP contribution in [0.2, 0.25) is 0 Å². The van der Waals surface area contributed by atoms with Gasteiger partial charge in [0.2, 0.25) is 10.3 Å². The third-order valence-electron chi connectivity index (χ3n) is 0.916. The molecule has 0 aliphatic carbocycles. The molecule has 9 heavy (non-hydrogen) atoms. The number of aromatic nitrogens is 2. The first-order valence-corrected chi connectivity index (χ1v) is 3.41. The number of aromatic amines is 1.